The Kier molecular flexibility index (Phi) is 9.91. The zero-order valence-corrected chi connectivity index (χ0v) is 5.88. The predicted molar refractivity (Wildman–Crippen MR) is 36.1 cm³/mol. The fourth-order valence-electron chi connectivity index (χ4n) is 0.385. The molecule has 0 aliphatic rings. The standard InChI is InChI=1S/C5H12FN.ClH/c1-2-5(6)3-4-7;/h5H,2-4,7H2,1H3;1H. The Labute approximate surface area is 55.9 Å². The summed E-state index contributed by atoms with van der Waals surface area (Å²) in [6.07, 6.45) is 0.429. The van der Waals surface area contributed by atoms with E-state index in [2.05, 4.69) is 0 Å². The van der Waals surface area contributed by atoms with Gasteiger partial charge < -0.3 is 5.73 Å². The summed E-state index contributed by atoms with van der Waals surface area (Å²) in [4.78, 5) is 0. The van der Waals surface area contributed by atoms with Gasteiger partial charge in [0.1, 0.15) is 6.17 Å². The summed E-state index contributed by atoms with van der Waals surface area (Å²) in [6.45, 7) is 2.29. The molecule has 0 rings (SSSR count). The van der Waals surface area contributed by atoms with E-state index in [4.69, 9.17) is 5.73 Å². The van der Waals surface area contributed by atoms with E-state index in [9.17, 15) is 4.39 Å². The van der Waals surface area contributed by atoms with Crippen molar-refractivity contribution in [1.82, 2.24) is 0 Å². The van der Waals surface area contributed by atoms with Crippen LogP contribution in [-0.4, -0.2) is 12.7 Å². The number of rotatable bonds is 3. The molecular weight excluding hydrogens is 129 g/mol. The van der Waals surface area contributed by atoms with Gasteiger partial charge in [0.15, 0.2) is 0 Å². The summed E-state index contributed by atoms with van der Waals surface area (Å²) in [5, 5.41) is 0. The highest BCUT2D eigenvalue weighted by atomic mass is 35.5. The largest absolute Gasteiger partial charge is 0.330 e. The molecule has 3 heteroatoms. The van der Waals surface area contributed by atoms with Gasteiger partial charge in [-0.1, -0.05) is 6.92 Å². The molecule has 0 heterocycles. The molecule has 0 saturated carbocycles. The predicted octanol–water partition coefficient (Wildman–Crippen LogP) is 1.51. The summed E-state index contributed by atoms with van der Waals surface area (Å²) in [5.74, 6) is 0. The zero-order valence-electron chi connectivity index (χ0n) is 5.06. The molecule has 0 aromatic carbocycles. The van der Waals surface area contributed by atoms with Crippen molar-refractivity contribution in [3.8, 4) is 0 Å². The number of nitrogens with two attached hydrogens (primary N) is 1. The maximum absolute atomic E-state index is 12.1. The first-order chi connectivity index (χ1) is 3.31. The molecule has 0 spiro atoms. The number of halogens is 2. The van der Waals surface area contributed by atoms with E-state index in [-0.39, 0.29) is 12.4 Å². The molecule has 0 saturated heterocycles. The van der Waals surface area contributed by atoms with Crippen LogP contribution in [-0.2, 0) is 0 Å². The van der Waals surface area contributed by atoms with Gasteiger partial charge in [0, 0.05) is 0 Å². The van der Waals surface area contributed by atoms with Gasteiger partial charge in [-0.2, -0.15) is 0 Å². The Balaban J connectivity index is 0. The fourth-order valence-corrected chi connectivity index (χ4v) is 0.385. The highest BCUT2D eigenvalue weighted by Gasteiger charge is 1.97. The van der Waals surface area contributed by atoms with Gasteiger partial charge in [-0.05, 0) is 19.4 Å². The Hall–Kier alpha value is 0.180. The lowest BCUT2D eigenvalue weighted by molar-refractivity contribution is 0.310. The molecule has 8 heavy (non-hydrogen) atoms. The van der Waals surface area contributed by atoms with E-state index in [1.807, 2.05) is 6.92 Å². The molecule has 0 aromatic heterocycles. The van der Waals surface area contributed by atoms with Crippen molar-refractivity contribution in [2.45, 2.75) is 25.9 Å². The molecule has 0 radical (unpaired) electrons. The minimum absolute atomic E-state index is 0. The van der Waals surface area contributed by atoms with Gasteiger partial charge in [-0.15, -0.1) is 12.4 Å². The molecule has 52 valence electrons. The third kappa shape index (κ3) is 6.18. The van der Waals surface area contributed by atoms with Crippen molar-refractivity contribution in [3.05, 3.63) is 0 Å². The van der Waals surface area contributed by atoms with E-state index in [1.165, 1.54) is 0 Å². The second-order valence-corrected chi connectivity index (χ2v) is 1.58. The van der Waals surface area contributed by atoms with Crippen LogP contribution in [0.25, 0.3) is 0 Å². The Bertz CT molecular complexity index is 43.4. The number of hydrogen-bond donors (Lipinski definition) is 1. The highest BCUT2D eigenvalue weighted by Crippen LogP contribution is 1.98. The maximum Gasteiger partial charge on any atom is 0.101 e. The van der Waals surface area contributed by atoms with Crippen LogP contribution in [0.1, 0.15) is 19.8 Å². The van der Waals surface area contributed by atoms with Crippen LogP contribution in [0.3, 0.4) is 0 Å². The Morgan fingerprint density at radius 1 is 1.62 bits per heavy atom. The quantitative estimate of drug-likeness (QED) is 0.634. The summed E-state index contributed by atoms with van der Waals surface area (Å²) in [6, 6.07) is 0. The number of hydrogen-bond acceptors (Lipinski definition) is 1. The lowest BCUT2D eigenvalue weighted by Gasteiger charge is -1.98. The Morgan fingerprint density at radius 3 is 2.25 bits per heavy atom. The first-order valence-corrected chi connectivity index (χ1v) is 2.65. The van der Waals surface area contributed by atoms with Crippen LogP contribution < -0.4 is 5.73 Å². The molecule has 2 N–H and O–H groups in total. The molecule has 0 fully saturated rings. The third-order valence-corrected chi connectivity index (χ3v) is 0.923. The van der Waals surface area contributed by atoms with Crippen LogP contribution in [0.4, 0.5) is 4.39 Å². The average molecular weight is 142 g/mol. The van der Waals surface area contributed by atoms with Gasteiger partial charge in [-0.3, -0.25) is 0 Å². The smallest absolute Gasteiger partial charge is 0.101 e. The zero-order chi connectivity index (χ0) is 5.70. The molecule has 0 aliphatic heterocycles. The molecule has 0 aromatic rings. The van der Waals surface area contributed by atoms with Crippen LogP contribution in [0.5, 0.6) is 0 Å². The molecule has 0 amide bonds. The van der Waals surface area contributed by atoms with E-state index < -0.39 is 6.17 Å². The van der Waals surface area contributed by atoms with Gasteiger partial charge in [-0.25, -0.2) is 4.39 Å². The van der Waals surface area contributed by atoms with Crippen LogP contribution in [0.15, 0.2) is 0 Å². The molecule has 1 nitrogen and oxygen atoms in total. The van der Waals surface area contributed by atoms with E-state index in [0.29, 0.717) is 19.4 Å². The van der Waals surface area contributed by atoms with Crippen LogP contribution in [0.2, 0.25) is 0 Å². The van der Waals surface area contributed by atoms with Crippen LogP contribution in [0, 0.1) is 0 Å². The second kappa shape index (κ2) is 7.18. The van der Waals surface area contributed by atoms with Gasteiger partial charge in [0.25, 0.3) is 0 Å². The second-order valence-electron chi connectivity index (χ2n) is 1.58. The molecule has 0 aliphatic carbocycles. The normalized spacial score (nSPS) is 12.4. The minimum Gasteiger partial charge on any atom is -0.330 e. The first-order valence-electron chi connectivity index (χ1n) is 2.65. The van der Waals surface area contributed by atoms with Gasteiger partial charge in [0.2, 0.25) is 0 Å². The molecule has 0 bridgehead atoms. The van der Waals surface area contributed by atoms with Crippen molar-refractivity contribution >= 4 is 12.4 Å². The van der Waals surface area contributed by atoms with Crippen molar-refractivity contribution in [1.29, 1.82) is 0 Å². The van der Waals surface area contributed by atoms with E-state index in [0.717, 1.165) is 0 Å². The summed E-state index contributed by atoms with van der Waals surface area (Å²) in [5.41, 5.74) is 5.06. The highest BCUT2D eigenvalue weighted by molar-refractivity contribution is 5.85. The Morgan fingerprint density at radius 2 is 2.12 bits per heavy atom. The van der Waals surface area contributed by atoms with Crippen molar-refractivity contribution in [2.75, 3.05) is 6.54 Å². The number of alkyl halides is 1. The third-order valence-electron chi connectivity index (χ3n) is 0.923. The summed E-state index contributed by atoms with van der Waals surface area (Å²) >= 11 is 0. The van der Waals surface area contributed by atoms with Crippen molar-refractivity contribution < 1.29 is 4.39 Å². The van der Waals surface area contributed by atoms with E-state index in [1.54, 1.807) is 0 Å². The molecule has 1 atom stereocenters. The lowest BCUT2D eigenvalue weighted by atomic mass is 10.2. The van der Waals surface area contributed by atoms with Crippen molar-refractivity contribution in [3.63, 3.8) is 0 Å². The lowest BCUT2D eigenvalue weighted by Crippen LogP contribution is -2.07. The van der Waals surface area contributed by atoms with E-state index >= 15 is 0 Å². The fraction of sp³-hybridized carbons (Fsp3) is 1.00. The van der Waals surface area contributed by atoms with Gasteiger partial charge >= 0.3 is 0 Å². The topological polar surface area (TPSA) is 26.0 Å². The van der Waals surface area contributed by atoms with Crippen molar-refractivity contribution in [2.24, 2.45) is 5.73 Å². The SMILES string of the molecule is CCC(F)CCN.Cl. The summed E-state index contributed by atoms with van der Waals surface area (Å²) < 4.78 is 12.1. The monoisotopic (exact) mass is 141 g/mol. The van der Waals surface area contributed by atoms with Crippen LogP contribution >= 0.6 is 12.4 Å². The minimum atomic E-state index is -0.676. The molecular formula is C5H13ClFN. The average Bonchev–Trinajstić information content (AvgIpc) is 1.68. The van der Waals surface area contributed by atoms with Gasteiger partial charge in [0.05, 0.1) is 0 Å². The first kappa shape index (κ1) is 11.0. The maximum atomic E-state index is 12.1. The summed E-state index contributed by atoms with van der Waals surface area (Å²) in [7, 11) is 0. The molecule has 1 unspecified atom stereocenters.